The van der Waals surface area contributed by atoms with E-state index in [2.05, 4.69) is 21.2 Å². The zero-order valence-corrected chi connectivity index (χ0v) is 12.9. The fourth-order valence-electron chi connectivity index (χ4n) is 1.92. The minimum atomic E-state index is -0.286. The Kier molecular flexibility index (Phi) is 4.16. The molecular weight excluding hydrogens is 342 g/mol. The van der Waals surface area contributed by atoms with E-state index in [1.165, 1.54) is 11.3 Å². The summed E-state index contributed by atoms with van der Waals surface area (Å²) in [6.45, 7) is 1.24. The molecule has 104 valence electrons. The van der Waals surface area contributed by atoms with Gasteiger partial charge in [0.15, 0.2) is 6.29 Å². The van der Waals surface area contributed by atoms with Crippen molar-refractivity contribution in [3.63, 3.8) is 0 Å². The van der Waals surface area contributed by atoms with Gasteiger partial charge in [-0.1, -0.05) is 12.1 Å². The monoisotopic (exact) mass is 353 g/mol. The summed E-state index contributed by atoms with van der Waals surface area (Å²) in [5, 5.41) is 4.73. The highest BCUT2D eigenvalue weighted by Gasteiger charge is 2.18. The summed E-state index contributed by atoms with van der Waals surface area (Å²) in [4.78, 5) is 12.7. The Hall–Kier alpha value is -1.21. The maximum atomic E-state index is 12.1. The summed E-state index contributed by atoms with van der Waals surface area (Å²) < 4.78 is 11.7. The van der Waals surface area contributed by atoms with Crippen molar-refractivity contribution in [2.45, 2.75) is 6.29 Å². The number of rotatable bonds is 3. The van der Waals surface area contributed by atoms with Gasteiger partial charge in [0.1, 0.15) is 4.88 Å². The molecule has 1 N–H and O–H groups in total. The molecule has 0 unspecified atom stereocenters. The molecule has 0 bridgehead atoms. The number of benzene rings is 1. The minimum Gasteiger partial charge on any atom is -0.346 e. The first-order chi connectivity index (χ1) is 9.74. The molecule has 6 heteroatoms. The zero-order valence-electron chi connectivity index (χ0n) is 10.5. The first-order valence-electron chi connectivity index (χ1n) is 6.11. The summed E-state index contributed by atoms with van der Waals surface area (Å²) in [5.74, 6) is -0.118. The molecule has 0 atom stereocenters. The Morgan fingerprint density at radius 2 is 1.90 bits per heavy atom. The number of ether oxygens (including phenoxy) is 2. The van der Waals surface area contributed by atoms with Crippen LogP contribution >= 0.6 is 27.3 Å². The summed E-state index contributed by atoms with van der Waals surface area (Å²) >= 11 is 4.75. The highest BCUT2D eigenvalue weighted by atomic mass is 79.9. The third-order valence-corrected chi connectivity index (χ3v) is 4.72. The Morgan fingerprint density at radius 3 is 2.50 bits per heavy atom. The lowest BCUT2D eigenvalue weighted by Crippen LogP contribution is -2.10. The molecule has 0 radical (unpaired) electrons. The average Bonchev–Trinajstić information content (AvgIpc) is 3.10. The van der Waals surface area contributed by atoms with Gasteiger partial charge in [0, 0.05) is 15.7 Å². The molecule has 1 aromatic heterocycles. The second-order valence-electron chi connectivity index (χ2n) is 4.25. The van der Waals surface area contributed by atoms with Crippen LogP contribution in [-0.4, -0.2) is 19.1 Å². The van der Waals surface area contributed by atoms with Gasteiger partial charge >= 0.3 is 0 Å². The van der Waals surface area contributed by atoms with E-state index in [1.807, 2.05) is 35.7 Å². The second kappa shape index (κ2) is 6.05. The lowest BCUT2D eigenvalue weighted by molar-refractivity contribution is -0.0441. The van der Waals surface area contributed by atoms with E-state index in [0.29, 0.717) is 18.1 Å². The van der Waals surface area contributed by atoms with E-state index < -0.39 is 0 Å². The van der Waals surface area contributed by atoms with Crippen molar-refractivity contribution in [1.29, 1.82) is 0 Å². The molecule has 4 nitrogen and oxygen atoms in total. The second-order valence-corrected chi connectivity index (χ2v) is 6.02. The number of amides is 1. The smallest absolute Gasteiger partial charge is 0.266 e. The van der Waals surface area contributed by atoms with E-state index in [-0.39, 0.29) is 12.2 Å². The first kappa shape index (κ1) is 13.8. The maximum Gasteiger partial charge on any atom is 0.266 e. The molecule has 1 fully saturated rings. The van der Waals surface area contributed by atoms with Crippen LogP contribution in [0.25, 0.3) is 0 Å². The highest BCUT2D eigenvalue weighted by Crippen LogP contribution is 2.26. The van der Waals surface area contributed by atoms with Gasteiger partial charge in [-0.15, -0.1) is 11.3 Å². The van der Waals surface area contributed by atoms with Crippen LogP contribution in [0.15, 0.2) is 40.2 Å². The number of carbonyl (C=O) groups excluding carboxylic acids is 1. The van der Waals surface area contributed by atoms with Crippen molar-refractivity contribution in [2.24, 2.45) is 0 Å². The fraction of sp³-hybridized carbons (Fsp3) is 0.214. The van der Waals surface area contributed by atoms with Gasteiger partial charge in [-0.05, 0) is 39.5 Å². The quantitative estimate of drug-likeness (QED) is 0.912. The van der Waals surface area contributed by atoms with Gasteiger partial charge < -0.3 is 14.8 Å². The summed E-state index contributed by atoms with van der Waals surface area (Å²) in [5.41, 5.74) is 1.70. The molecule has 1 aliphatic rings. The number of thiophene rings is 1. The van der Waals surface area contributed by atoms with Gasteiger partial charge in [0.05, 0.1) is 13.2 Å². The molecule has 0 spiro atoms. The Morgan fingerprint density at radius 1 is 1.20 bits per heavy atom. The summed E-state index contributed by atoms with van der Waals surface area (Å²) in [6, 6.07) is 9.35. The van der Waals surface area contributed by atoms with Gasteiger partial charge in [-0.25, -0.2) is 0 Å². The number of nitrogens with one attached hydrogen (secondary N) is 1. The van der Waals surface area contributed by atoms with Gasteiger partial charge in [0.25, 0.3) is 5.91 Å². The van der Waals surface area contributed by atoms with E-state index in [9.17, 15) is 4.79 Å². The highest BCUT2D eigenvalue weighted by molar-refractivity contribution is 9.10. The van der Waals surface area contributed by atoms with Crippen LogP contribution in [0, 0.1) is 0 Å². The maximum absolute atomic E-state index is 12.1. The minimum absolute atomic E-state index is 0.118. The van der Waals surface area contributed by atoms with Crippen LogP contribution in [0.5, 0.6) is 0 Å². The molecule has 1 aliphatic heterocycles. The molecule has 2 heterocycles. The first-order valence-corrected chi connectivity index (χ1v) is 7.79. The predicted molar refractivity (Wildman–Crippen MR) is 81.1 cm³/mol. The number of anilines is 1. The largest absolute Gasteiger partial charge is 0.346 e. The summed E-state index contributed by atoms with van der Waals surface area (Å²) in [6.07, 6.45) is -0.286. The van der Waals surface area contributed by atoms with Crippen molar-refractivity contribution in [2.75, 3.05) is 18.5 Å². The van der Waals surface area contributed by atoms with Crippen LogP contribution in [0.3, 0.4) is 0 Å². The van der Waals surface area contributed by atoms with Crippen LogP contribution in [0.2, 0.25) is 0 Å². The predicted octanol–water partition coefficient (Wildman–Crippen LogP) is 3.81. The average molecular weight is 354 g/mol. The zero-order chi connectivity index (χ0) is 13.9. The van der Waals surface area contributed by atoms with Crippen molar-refractivity contribution in [3.8, 4) is 0 Å². The van der Waals surface area contributed by atoms with Crippen molar-refractivity contribution < 1.29 is 14.3 Å². The lowest BCUT2D eigenvalue weighted by Gasteiger charge is -2.10. The van der Waals surface area contributed by atoms with Crippen LogP contribution in [-0.2, 0) is 9.47 Å². The Bertz CT molecular complexity index is 605. The SMILES string of the molecule is O=C(Nc1ccc(C2OCCO2)cc1)c1sccc1Br. The van der Waals surface area contributed by atoms with E-state index >= 15 is 0 Å². The van der Waals surface area contributed by atoms with E-state index in [0.717, 1.165) is 15.7 Å². The van der Waals surface area contributed by atoms with Gasteiger partial charge in [-0.3, -0.25) is 4.79 Å². The molecule has 0 aliphatic carbocycles. The third-order valence-electron chi connectivity index (χ3n) is 2.89. The summed E-state index contributed by atoms with van der Waals surface area (Å²) in [7, 11) is 0. The molecule has 0 saturated carbocycles. The van der Waals surface area contributed by atoms with Gasteiger partial charge in [0.2, 0.25) is 0 Å². The van der Waals surface area contributed by atoms with Crippen LogP contribution < -0.4 is 5.32 Å². The molecule has 1 saturated heterocycles. The standard InChI is InChI=1S/C14H12BrNO3S/c15-11-5-8-20-12(11)13(17)16-10-3-1-9(2-4-10)14-18-6-7-19-14/h1-5,8,14H,6-7H2,(H,16,17). The molecule has 20 heavy (non-hydrogen) atoms. The molecule has 1 amide bonds. The fourth-order valence-corrected chi connectivity index (χ4v) is 3.36. The molecule has 2 aromatic rings. The number of hydrogen-bond acceptors (Lipinski definition) is 4. The Labute approximate surface area is 128 Å². The van der Waals surface area contributed by atoms with Crippen molar-refractivity contribution in [3.05, 3.63) is 50.6 Å². The normalized spacial score (nSPS) is 15.4. The molecular formula is C14H12BrNO3S. The number of hydrogen-bond donors (Lipinski definition) is 1. The third kappa shape index (κ3) is 2.93. The van der Waals surface area contributed by atoms with Gasteiger partial charge in [-0.2, -0.15) is 0 Å². The van der Waals surface area contributed by atoms with E-state index in [1.54, 1.807) is 0 Å². The topological polar surface area (TPSA) is 47.6 Å². The van der Waals surface area contributed by atoms with E-state index in [4.69, 9.17) is 9.47 Å². The van der Waals surface area contributed by atoms with Crippen LogP contribution in [0.4, 0.5) is 5.69 Å². The van der Waals surface area contributed by atoms with Crippen molar-refractivity contribution in [1.82, 2.24) is 0 Å². The van der Waals surface area contributed by atoms with Crippen molar-refractivity contribution >= 4 is 38.9 Å². The molecule has 1 aromatic carbocycles. The lowest BCUT2D eigenvalue weighted by atomic mass is 10.2. The Balaban J connectivity index is 1.69. The van der Waals surface area contributed by atoms with Crippen LogP contribution in [0.1, 0.15) is 21.5 Å². The number of halogens is 1. The molecule has 3 rings (SSSR count). The number of carbonyl (C=O) groups is 1.